The maximum atomic E-state index is 14.8. The van der Waals surface area contributed by atoms with E-state index in [2.05, 4.69) is 40.8 Å². The minimum atomic E-state index is -2.65. The number of carbonyl (C=O) groups is 5. The zero-order valence-electron chi connectivity index (χ0n) is 36.4. The molecule has 17 heteroatoms. The molecule has 8 heterocycles. The first-order valence-corrected chi connectivity index (χ1v) is 22.7. The number of anilines is 3. The minimum Gasteiger partial charge on any atom is -0.368 e. The standard InChI is InChI=1S/C47H54F2N10O5/c1-29(60)56-16-12-37-36(27-56)41(57-13-4-5-30-23-34(31-25-50-52(2)26-31)35(44(48)49)24-40(30)57)28-58(37)32-10-14-53(15-11-32)17-18-54-19-21-55(22-20-54)38-7-3-6-33-43(38)47(64)59(46(33)63)39-8-9-42(61)51-45(39)62/h3,6-7,23-26,28,32,39,44H,4-5,8-22,27H2,1-2H3,(H,51,61,62). The Morgan fingerprint density at radius 2 is 1.59 bits per heavy atom. The van der Waals surface area contributed by atoms with Crippen molar-refractivity contribution < 1.29 is 32.8 Å². The normalized spacial score (nSPS) is 21.2. The summed E-state index contributed by atoms with van der Waals surface area (Å²) in [6.07, 6.45) is 7.61. The van der Waals surface area contributed by atoms with Gasteiger partial charge >= 0.3 is 0 Å². The van der Waals surface area contributed by atoms with Gasteiger partial charge in [0.05, 0.1) is 28.7 Å². The topological polar surface area (TPSA) is 140 Å². The highest BCUT2D eigenvalue weighted by Gasteiger charge is 2.46. The Labute approximate surface area is 370 Å². The summed E-state index contributed by atoms with van der Waals surface area (Å²) in [4.78, 5) is 76.5. The van der Waals surface area contributed by atoms with Crippen molar-refractivity contribution >= 4 is 46.6 Å². The monoisotopic (exact) mass is 876 g/mol. The second-order valence-corrected chi connectivity index (χ2v) is 18.1. The first kappa shape index (κ1) is 42.0. The summed E-state index contributed by atoms with van der Waals surface area (Å²) in [5.41, 5.74) is 7.77. The molecule has 3 fully saturated rings. The lowest BCUT2D eigenvalue weighted by molar-refractivity contribution is -0.136. The van der Waals surface area contributed by atoms with Crippen molar-refractivity contribution in [1.29, 1.82) is 0 Å². The first-order chi connectivity index (χ1) is 30.9. The molecule has 0 spiro atoms. The summed E-state index contributed by atoms with van der Waals surface area (Å²) in [5.74, 6) is -1.96. The van der Waals surface area contributed by atoms with E-state index in [1.807, 2.05) is 17.0 Å². The molecule has 2 aromatic heterocycles. The third-order valence-corrected chi connectivity index (χ3v) is 14.4. The van der Waals surface area contributed by atoms with Crippen LogP contribution in [-0.2, 0) is 40.8 Å². The van der Waals surface area contributed by atoms with Crippen LogP contribution >= 0.6 is 0 Å². The van der Waals surface area contributed by atoms with E-state index in [-0.39, 0.29) is 30.4 Å². The van der Waals surface area contributed by atoms with Crippen molar-refractivity contribution in [3.63, 3.8) is 0 Å². The number of amides is 5. The number of fused-ring (bicyclic) bond motifs is 3. The van der Waals surface area contributed by atoms with E-state index in [1.54, 1.807) is 49.2 Å². The number of hydrogen-bond acceptors (Lipinski definition) is 10. The van der Waals surface area contributed by atoms with E-state index in [0.717, 1.165) is 98.8 Å². The van der Waals surface area contributed by atoms with Gasteiger partial charge in [-0.25, -0.2) is 8.78 Å². The molecule has 1 unspecified atom stereocenters. The van der Waals surface area contributed by atoms with Gasteiger partial charge < -0.3 is 24.2 Å². The highest BCUT2D eigenvalue weighted by Crippen LogP contribution is 2.45. The third kappa shape index (κ3) is 7.55. The van der Waals surface area contributed by atoms with Crippen LogP contribution < -0.4 is 15.1 Å². The Balaban J connectivity index is 0.794. The fourth-order valence-corrected chi connectivity index (χ4v) is 10.9. The number of nitrogens with zero attached hydrogens (tertiary/aromatic N) is 9. The van der Waals surface area contributed by atoms with Gasteiger partial charge in [0.2, 0.25) is 17.7 Å². The fourth-order valence-electron chi connectivity index (χ4n) is 10.9. The molecule has 3 saturated heterocycles. The van der Waals surface area contributed by atoms with Crippen molar-refractivity contribution in [3.8, 4) is 11.1 Å². The van der Waals surface area contributed by atoms with Crippen LogP contribution in [0, 0.1) is 0 Å². The number of benzene rings is 2. The number of hydrogen-bond donors (Lipinski definition) is 1. The zero-order chi connectivity index (χ0) is 44.4. The summed E-state index contributed by atoms with van der Waals surface area (Å²) in [5, 5.41) is 6.51. The van der Waals surface area contributed by atoms with Crippen LogP contribution in [0.1, 0.15) is 94.6 Å². The second kappa shape index (κ2) is 16.9. The van der Waals surface area contributed by atoms with Gasteiger partial charge in [-0.15, -0.1) is 0 Å². The second-order valence-electron chi connectivity index (χ2n) is 18.1. The maximum absolute atomic E-state index is 14.8. The van der Waals surface area contributed by atoms with Crippen LogP contribution in [0.4, 0.5) is 25.8 Å². The lowest BCUT2D eigenvalue weighted by Gasteiger charge is -2.39. The van der Waals surface area contributed by atoms with Crippen molar-refractivity contribution in [1.82, 2.24) is 39.3 Å². The summed E-state index contributed by atoms with van der Waals surface area (Å²) in [6, 6.07) is 8.19. The molecule has 15 nitrogen and oxygen atoms in total. The molecule has 6 aliphatic heterocycles. The fraction of sp³-hybridized carbons (Fsp3) is 0.489. The van der Waals surface area contributed by atoms with Crippen molar-refractivity contribution in [2.24, 2.45) is 7.05 Å². The smallest absolute Gasteiger partial charge is 0.264 e. The molecule has 64 heavy (non-hydrogen) atoms. The molecular formula is C47H54F2N10O5. The van der Waals surface area contributed by atoms with Crippen LogP contribution in [0.25, 0.3) is 11.1 Å². The zero-order valence-corrected chi connectivity index (χ0v) is 36.4. The van der Waals surface area contributed by atoms with Crippen LogP contribution in [-0.4, -0.2) is 135 Å². The third-order valence-electron chi connectivity index (χ3n) is 14.4. The lowest BCUT2D eigenvalue weighted by Crippen LogP contribution is -2.54. The van der Waals surface area contributed by atoms with E-state index >= 15 is 0 Å². The highest BCUT2D eigenvalue weighted by atomic mass is 19.3. The molecule has 0 bridgehead atoms. The Morgan fingerprint density at radius 1 is 0.828 bits per heavy atom. The van der Waals surface area contributed by atoms with Gasteiger partial charge in [-0.2, -0.15) is 5.10 Å². The Bertz CT molecular complexity index is 2540. The molecule has 10 rings (SSSR count). The quantitative estimate of drug-likeness (QED) is 0.236. The van der Waals surface area contributed by atoms with Gasteiger partial charge in [0, 0.05) is 145 Å². The van der Waals surface area contributed by atoms with Gasteiger partial charge in [0.1, 0.15) is 6.04 Å². The van der Waals surface area contributed by atoms with Crippen molar-refractivity contribution in [3.05, 3.63) is 82.4 Å². The summed E-state index contributed by atoms with van der Waals surface area (Å²) >= 11 is 0. The lowest BCUT2D eigenvalue weighted by atomic mass is 9.92. The number of rotatable bonds is 9. The van der Waals surface area contributed by atoms with Crippen LogP contribution in [0.15, 0.2) is 48.9 Å². The van der Waals surface area contributed by atoms with E-state index in [4.69, 9.17) is 0 Å². The molecule has 1 atom stereocenters. The predicted octanol–water partition coefficient (Wildman–Crippen LogP) is 4.68. The van der Waals surface area contributed by atoms with E-state index < -0.39 is 36.1 Å². The molecule has 2 aromatic carbocycles. The van der Waals surface area contributed by atoms with Crippen LogP contribution in [0.3, 0.4) is 0 Å². The number of carbonyl (C=O) groups excluding carboxylic acids is 5. The van der Waals surface area contributed by atoms with E-state index in [0.29, 0.717) is 60.7 Å². The van der Waals surface area contributed by atoms with E-state index in [1.165, 1.54) is 5.69 Å². The average molecular weight is 877 g/mol. The minimum absolute atomic E-state index is 0.000177. The molecule has 1 N–H and O–H groups in total. The molecule has 0 radical (unpaired) electrons. The number of imide groups is 2. The number of aromatic nitrogens is 3. The Hall–Kier alpha value is -5.94. The Kier molecular flexibility index (Phi) is 11.1. The summed E-state index contributed by atoms with van der Waals surface area (Å²) < 4.78 is 33.6. The molecule has 5 amide bonds. The maximum Gasteiger partial charge on any atom is 0.264 e. The van der Waals surface area contributed by atoms with Crippen LogP contribution in [0.2, 0.25) is 0 Å². The van der Waals surface area contributed by atoms with Crippen LogP contribution in [0.5, 0.6) is 0 Å². The highest BCUT2D eigenvalue weighted by molar-refractivity contribution is 6.25. The number of halogens is 2. The molecule has 0 saturated carbocycles. The molecule has 0 aliphatic carbocycles. The average Bonchev–Trinajstić information content (AvgIpc) is 3.98. The number of aryl methyl sites for hydroxylation is 2. The molecule has 336 valence electrons. The first-order valence-electron chi connectivity index (χ1n) is 22.7. The number of nitrogens with one attached hydrogen (secondary N) is 1. The number of piperazine rings is 1. The summed E-state index contributed by atoms with van der Waals surface area (Å²) in [7, 11) is 1.79. The van der Waals surface area contributed by atoms with E-state index in [9.17, 15) is 32.8 Å². The predicted molar refractivity (Wildman–Crippen MR) is 235 cm³/mol. The van der Waals surface area contributed by atoms with Gasteiger partial charge in [-0.05, 0) is 67.5 Å². The van der Waals surface area contributed by atoms with Gasteiger partial charge in [-0.3, -0.25) is 43.8 Å². The largest absolute Gasteiger partial charge is 0.368 e. The molecule has 6 aliphatic rings. The molecule has 4 aromatic rings. The number of piperidine rings is 2. The summed E-state index contributed by atoms with van der Waals surface area (Å²) in [6.45, 7) is 10.2. The molecular weight excluding hydrogens is 823 g/mol. The number of likely N-dealkylation sites (tertiary alicyclic amines) is 1. The number of alkyl halides is 2. The van der Waals surface area contributed by atoms with Gasteiger partial charge in [0.15, 0.2) is 0 Å². The van der Waals surface area contributed by atoms with Gasteiger partial charge in [-0.1, -0.05) is 6.07 Å². The Morgan fingerprint density at radius 3 is 2.30 bits per heavy atom. The SMILES string of the molecule is CC(=O)N1CCc2c(c(N3CCCc4cc(-c5cnn(C)c5)c(C(F)F)cc43)cn2C2CCN(CCN3CCN(c4cccc5c4C(=O)N(C4CCC(=O)NC4=O)C5=O)CC3)CC2)C1. The van der Waals surface area contributed by atoms with Crippen molar-refractivity contribution in [2.45, 2.75) is 76.9 Å². The van der Waals surface area contributed by atoms with Gasteiger partial charge in [0.25, 0.3) is 18.2 Å². The van der Waals surface area contributed by atoms with Crippen molar-refractivity contribution in [2.75, 3.05) is 75.2 Å².